The Bertz CT molecular complexity index is 2800. The van der Waals surface area contributed by atoms with Gasteiger partial charge in [-0.15, -0.1) is 0 Å². The minimum atomic E-state index is -0.0222. The molecule has 0 N–H and O–H groups in total. The number of benzene rings is 8. The van der Waals surface area contributed by atoms with E-state index in [2.05, 4.69) is 200 Å². The Morgan fingerprint density at radius 1 is 0.453 bits per heavy atom. The summed E-state index contributed by atoms with van der Waals surface area (Å²) in [5, 5.41) is 5.16. The molecule has 0 aliphatic heterocycles. The van der Waals surface area contributed by atoms with Gasteiger partial charge in [0.25, 0.3) is 0 Å². The van der Waals surface area contributed by atoms with Crippen LogP contribution in [0.15, 0.2) is 182 Å². The number of para-hydroxylation sites is 2. The van der Waals surface area contributed by atoms with Gasteiger partial charge in [-0.05, 0) is 110 Å². The van der Waals surface area contributed by atoms with Crippen molar-refractivity contribution in [1.29, 1.82) is 0 Å². The lowest BCUT2D eigenvalue weighted by atomic mass is 9.79. The van der Waals surface area contributed by atoms with Crippen LogP contribution < -0.4 is 0 Å². The third kappa shape index (κ3) is 5.39. The summed E-state index contributed by atoms with van der Waals surface area (Å²) in [5.41, 5.74) is 15.9. The number of hydrogen-bond donors (Lipinski definition) is 0. The van der Waals surface area contributed by atoms with Crippen LogP contribution in [0.2, 0.25) is 0 Å². The van der Waals surface area contributed by atoms with Crippen molar-refractivity contribution in [3.63, 3.8) is 0 Å². The first-order valence-corrected chi connectivity index (χ1v) is 18.9. The average Bonchev–Trinajstić information content (AvgIpc) is 3.66. The van der Waals surface area contributed by atoms with Crippen LogP contribution >= 0.6 is 0 Å². The Hall–Kier alpha value is -6.18. The molecule has 1 nitrogen and oxygen atoms in total. The SMILES string of the molecule is CC1(C)c2ccccc2-c2ccc(C(Cc3ccc(-c4ccc5c(c4)c4ccccc4n5-c4ccccc4)cc3)Cc3ccc4ccccc4c3)cc21. The lowest BCUT2D eigenvalue weighted by Gasteiger charge is -2.24. The minimum Gasteiger partial charge on any atom is -0.309 e. The fourth-order valence-corrected chi connectivity index (χ4v) is 9.06. The van der Waals surface area contributed by atoms with E-state index in [0.717, 1.165) is 12.8 Å². The Labute approximate surface area is 311 Å². The largest absolute Gasteiger partial charge is 0.309 e. The van der Waals surface area contributed by atoms with Crippen molar-refractivity contribution in [3.05, 3.63) is 210 Å². The highest BCUT2D eigenvalue weighted by Gasteiger charge is 2.35. The van der Waals surface area contributed by atoms with Crippen LogP contribution in [0.25, 0.3) is 60.5 Å². The Morgan fingerprint density at radius 3 is 1.98 bits per heavy atom. The van der Waals surface area contributed by atoms with Crippen molar-refractivity contribution in [2.45, 2.75) is 38.0 Å². The molecule has 0 fully saturated rings. The molecule has 0 amide bonds. The lowest BCUT2D eigenvalue weighted by Crippen LogP contribution is -2.16. The first-order valence-electron chi connectivity index (χ1n) is 18.9. The lowest BCUT2D eigenvalue weighted by molar-refractivity contribution is 0.648. The van der Waals surface area contributed by atoms with Gasteiger partial charge in [-0.3, -0.25) is 0 Å². The highest BCUT2D eigenvalue weighted by molar-refractivity contribution is 6.10. The predicted molar refractivity (Wildman–Crippen MR) is 224 cm³/mol. The molecule has 1 aliphatic rings. The van der Waals surface area contributed by atoms with Crippen molar-refractivity contribution in [2.24, 2.45) is 0 Å². The summed E-state index contributed by atoms with van der Waals surface area (Å²) in [6.07, 6.45) is 1.96. The second-order valence-corrected chi connectivity index (χ2v) is 15.4. The molecule has 0 radical (unpaired) electrons. The zero-order chi connectivity index (χ0) is 35.5. The van der Waals surface area contributed by atoms with E-state index < -0.39 is 0 Å². The van der Waals surface area contributed by atoms with Gasteiger partial charge in [-0.25, -0.2) is 0 Å². The van der Waals surface area contributed by atoms with E-state index in [1.165, 1.54) is 88.3 Å². The maximum absolute atomic E-state index is 2.52. The summed E-state index contributed by atoms with van der Waals surface area (Å²) < 4.78 is 2.38. The number of fused-ring (bicyclic) bond motifs is 7. The monoisotopic (exact) mass is 679 g/mol. The van der Waals surface area contributed by atoms with Crippen LogP contribution in [-0.4, -0.2) is 4.57 Å². The van der Waals surface area contributed by atoms with Crippen LogP contribution in [0.5, 0.6) is 0 Å². The molecule has 1 aliphatic carbocycles. The van der Waals surface area contributed by atoms with E-state index in [9.17, 15) is 0 Å². The van der Waals surface area contributed by atoms with Gasteiger partial charge in [0.05, 0.1) is 11.0 Å². The van der Waals surface area contributed by atoms with Gasteiger partial charge >= 0.3 is 0 Å². The van der Waals surface area contributed by atoms with Crippen molar-refractivity contribution < 1.29 is 0 Å². The van der Waals surface area contributed by atoms with Gasteiger partial charge in [0.1, 0.15) is 0 Å². The first kappa shape index (κ1) is 31.5. The number of aromatic nitrogens is 1. The van der Waals surface area contributed by atoms with E-state index in [1.807, 2.05) is 0 Å². The van der Waals surface area contributed by atoms with Gasteiger partial charge in [-0.1, -0.05) is 166 Å². The van der Waals surface area contributed by atoms with Crippen LogP contribution in [0.4, 0.5) is 0 Å². The molecular weight excluding hydrogens is 639 g/mol. The summed E-state index contributed by atoms with van der Waals surface area (Å²) in [4.78, 5) is 0. The van der Waals surface area contributed by atoms with Crippen LogP contribution in [0, 0.1) is 0 Å². The summed E-state index contributed by atoms with van der Waals surface area (Å²) >= 11 is 0. The standard InChI is InChI=1S/C52H41N/c1-52(2)48-18-10-8-16-44(48)45-28-26-41(34-49(45)52)42(32-36-22-25-37-12-6-7-13-39(37)31-36)30-35-20-23-38(24-21-35)40-27-29-51-47(33-40)46-17-9-11-19-50(46)53(51)43-14-4-3-5-15-43/h3-29,31,33-34,42H,30,32H2,1-2H3. The molecule has 0 spiro atoms. The average molecular weight is 680 g/mol. The maximum Gasteiger partial charge on any atom is 0.0541 e. The molecule has 10 rings (SSSR count). The van der Waals surface area contributed by atoms with Crippen LogP contribution in [-0.2, 0) is 18.3 Å². The molecule has 1 heteroatoms. The molecular formula is C52H41N. The van der Waals surface area contributed by atoms with Crippen molar-refractivity contribution in [3.8, 4) is 27.9 Å². The molecule has 0 bridgehead atoms. The Morgan fingerprint density at radius 2 is 1.11 bits per heavy atom. The summed E-state index contributed by atoms with van der Waals surface area (Å²) in [6.45, 7) is 4.77. The molecule has 9 aromatic rings. The topological polar surface area (TPSA) is 4.93 Å². The number of nitrogens with zero attached hydrogens (tertiary/aromatic N) is 1. The Kier molecular flexibility index (Phi) is 7.44. The van der Waals surface area contributed by atoms with Crippen LogP contribution in [0.1, 0.15) is 47.6 Å². The zero-order valence-electron chi connectivity index (χ0n) is 30.3. The van der Waals surface area contributed by atoms with Gasteiger partial charge in [0, 0.05) is 21.9 Å². The van der Waals surface area contributed by atoms with Gasteiger partial charge < -0.3 is 4.57 Å². The molecule has 0 saturated heterocycles. The van der Waals surface area contributed by atoms with E-state index in [4.69, 9.17) is 0 Å². The van der Waals surface area contributed by atoms with Crippen molar-refractivity contribution in [2.75, 3.05) is 0 Å². The summed E-state index contributed by atoms with van der Waals surface area (Å²) in [7, 11) is 0. The molecule has 8 aromatic carbocycles. The fourth-order valence-electron chi connectivity index (χ4n) is 9.06. The van der Waals surface area contributed by atoms with Gasteiger partial charge in [0.15, 0.2) is 0 Å². The normalized spacial score (nSPS) is 13.7. The smallest absolute Gasteiger partial charge is 0.0541 e. The third-order valence-corrected chi connectivity index (χ3v) is 11.8. The predicted octanol–water partition coefficient (Wildman–Crippen LogP) is 13.5. The molecule has 1 unspecified atom stereocenters. The molecule has 53 heavy (non-hydrogen) atoms. The van der Waals surface area contributed by atoms with Crippen molar-refractivity contribution in [1.82, 2.24) is 4.57 Å². The minimum absolute atomic E-state index is 0.0222. The molecule has 254 valence electrons. The van der Waals surface area contributed by atoms with E-state index in [0.29, 0.717) is 5.92 Å². The summed E-state index contributed by atoms with van der Waals surface area (Å²) in [6, 6.07) is 67.7. The van der Waals surface area contributed by atoms with E-state index >= 15 is 0 Å². The third-order valence-electron chi connectivity index (χ3n) is 11.8. The summed E-state index contributed by atoms with van der Waals surface area (Å²) in [5.74, 6) is 0.340. The van der Waals surface area contributed by atoms with E-state index in [-0.39, 0.29) is 5.41 Å². The second-order valence-electron chi connectivity index (χ2n) is 15.4. The highest BCUT2D eigenvalue weighted by atomic mass is 15.0. The maximum atomic E-state index is 2.52. The van der Waals surface area contributed by atoms with Crippen molar-refractivity contribution >= 4 is 32.6 Å². The highest BCUT2D eigenvalue weighted by Crippen LogP contribution is 2.49. The number of rotatable bonds is 7. The fraction of sp³-hybridized carbons (Fsp3) is 0.115. The Balaban J connectivity index is 1.00. The molecule has 1 heterocycles. The molecule has 1 aromatic heterocycles. The quantitative estimate of drug-likeness (QED) is 0.158. The second kappa shape index (κ2) is 12.5. The molecule has 0 saturated carbocycles. The van der Waals surface area contributed by atoms with E-state index in [1.54, 1.807) is 0 Å². The van der Waals surface area contributed by atoms with Gasteiger partial charge in [0.2, 0.25) is 0 Å². The van der Waals surface area contributed by atoms with Crippen LogP contribution in [0.3, 0.4) is 0 Å². The number of hydrogen-bond acceptors (Lipinski definition) is 0. The first-order chi connectivity index (χ1) is 26.0. The van der Waals surface area contributed by atoms with Gasteiger partial charge in [-0.2, -0.15) is 0 Å². The zero-order valence-corrected chi connectivity index (χ0v) is 30.3. The molecule has 1 atom stereocenters.